The minimum absolute atomic E-state index is 0.0670. The fourth-order valence-electron chi connectivity index (χ4n) is 3.88. The van der Waals surface area contributed by atoms with Crippen molar-refractivity contribution in [3.8, 4) is 0 Å². The summed E-state index contributed by atoms with van der Waals surface area (Å²) in [5.74, 6) is 0. The van der Waals surface area contributed by atoms with Crippen molar-refractivity contribution in [3.63, 3.8) is 0 Å². The summed E-state index contributed by atoms with van der Waals surface area (Å²) in [4.78, 5) is 0. The molecule has 0 unspecified atom stereocenters. The van der Waals surface area contributed by atoms with E-state index in [9.17, 15) is 0 Å². The Hall–Kier alpha value is -1.02. The van der Waals surface area contributed by atoms with Crippen LogP contribution in [-0.2, 0) is 25.6 Å². The largest absolute Gasteiger partial charge is 0.368 e. The fourth-order valence-corrected chi connectivity index (χ4v) is 6.19. The second-order valence-corrected chi connectivity index (χ2v) is 9.44. The number of methoxy groups -OCH3 is 1. The molecule has 0 aliphatic carbocycles. The first-order valence-electron chi connectivity index (χ1n) is 9.70. The van der Waals surface area contributed by atoms with E-state index in [0.29, 0.717) is 13.2 Å². The normalized spacial score (nSPS) is 26.5. The first-order valence-corrected chi connectivity index (χ1v) is 12.1. The van der Waals surface area contributed by atoms with Gasteiger partial charge in [0.25, 0.3) is 0 Å². The van der Waals surface area contributed by atoms with Gasteiger partial charge in [0, 0.05) is 7.11 Å². The number of ether oxygens (including phenoxy) is 4. The molecule has 0 bridgehead atoms. The molecule has 0 N–H and O–H groups in total. The molecule has 1 saturated heterocycles. The van der Waals surface area contributed by atoms with Gasteiger partial charge in [-0.15, -0.1) is 30.1 Å². The minimum Gasteiger partial charge on any atom is -0.368 e. The maximum absolute atomic E-state index is 6.57. The summed E-state index contributed by atoms with van der Waals surface area (Å²) in [6, 6.07) is 14.8. The zero-order valence-electron chi connectivity index (χ0n) is 17.5. The quantitative estimate of drug-likeness (QED) is 0.403. The molecule has 2 aromatic rings. The van der Waals surface area contributed by atoms with Crippen molar-refractivity contribution < 1.29 is 18.9 Å². The van der Waals surface area contributed by atoms with Gasteiger partial charge < -0.3 is 18.9 Å². The van der Waals surface area contributed by atoms with Crippen molar-refractivity contribution in [2.45, 2.75) is 42.2 Å². The first-order chi connectivity index (χ1) is 14.1. The smallest absolute Gasteiger partial charge is 0.186 e. The second-order valence-electron chi connectivity index (χ2n) is 7.01. The topological polar surface area (TPSA) is 36.9 Å². The van der Waals surface area contributed by atoms with Gasteiger partial charge in [-0.05, 0) is 41.8 Å². The van der Waals surface area contributed by atoms with Gasteiger partial charge in [0.15, 0.2) is 6.29 Å². The summed E-state index contributed by atoms with van der Waals surface area (Å²) in [6.45, 7) is 6.76. The second kappa shape index (κ2) is 10.3. The van der Waals surface area contributed by atoms with Crippen LogP contribution < -0.4 is 0 Å². The van der Waals surface area contributed by atoms with Crippen LogP contribution in [0.5, 0.6) is 0 Å². The van der Waals surface area contributed by atoms with Crippen LogP contribution in [0.3, 0.4) is 0 Å². The monoisotopic (exact) mass is 434 g/mol. The molecule has 1 aliphatic heterocycles. The van der Waals surface area contributed by atoms with Crippen LogP contribution >= 0.6 is 23.5 Å². The van der Waals surface area contributed by atoms with E-state index in [1.165, 1.54) is 10.8 Å². The van der Waals surface area contributed by atoms with Crippen LogP contribution in [0.4, 0.5) is 0 Å². The summed E-state index contributed by atoms with van der Waals surface area (Å²) in [6.07, 6.45) is 4.81. The molecule has 6 heteroatoms. The van der Waals surface area contributed by atoms with Crippen LogP contribution in [0, 0.1) is 0 Å². The molecule has 1 fully saturated rings. The van der Waals surface area contributed by atoms with Crippen molar-refractivity contribution >= 4 is 34.3 Å². The zero-order chi connectivity index (χ0) is 20.9. The number of rotatable bonds is 9. The lowest BCUT2D eigenvalue weighted by atomic mass is 10.0. The van der Waals surface area contributed by atoms with Gasteiger partial charge in [0.05, 0.1) is 19.3 Å². The Morgan fingerprint density at radius 3 is 2.48 bits per heavy atom. The van der Waals surface area contributed by atoms with Crippen LogP contribution in [0.25, 0.3) is 10.8 Å². The van der Waals surface area contributed by atoms with E-state index in [4.69, 9.17) is 18.9 Å². The third kappa shape index (κ3) is 4.68. The molecule has 0 radical (unpaired) electrons. The molecule has 158 valence electrons. The van der Waals surface area contributed by atoms with E-state index in [2.05, 4.69) is 68.5 Å². The Kier molecular flexibility index (Phi) is 8.07. The lowest BCUT2D eigenvalue weighted by Crippen LogP contribution is -2.63. The summed E-state index contributed by atoms with van der Waals surface area (Å²) in [7, 11) is 1.65. The van der Waals surface area contributed by atoms with Crippen LogP contribution in [0.1, 0.15) is 12.5 Å². The molecule has 1 heterocycles. The van der Waals surface area contributed by atoms with Crippen molar-refractivity contribution in [2.75, 3.05) is 26.2 Å². The van der Waals surface area contributed by atoms with Gasteiger partial charge in [-0.3, -0.25) is 0 Å². The van der Waals surface area contributed by atoms with Crippen molar-refractivity contribution in [1.29, 1.82) is 0 Å². The molecule has 4 atom stereocenters. The summed E-state index contributed by atoms with van der Waals surface area (Å²) in [5.41, 5.74) is 1.13. The number of hydrogen-bond acceptors (Lipinski definition) is 6. The van der Waals surface area contributed by atoms with Gasteiger partial charge in [0.2, 0.25) is 0 Å². The van der Waals surface area contributed by atoms with E-state index < -0.39 is 6.29 Å². The average Bonchev–Trinajstić information content (AvgIpc) is 2.76. The molecule has 3 rings (SSSR count). The van der Waals surface area contributed by atoms with E-state index in [1.54, 1.807) is 36.7 Å². The Bertz CT molecular complexity index is 808. The lowest BCUT2D eigenvalue weighted by molar-refractivity contribution is -0.274. The molecule has 29 heavy (non-hydrogen) atoms. The molecule has 0 aromatic heterocycles. The van der Waals surface area contributed by atoms with E-state index in [0.717, 1.165) is 5.56 Å². The molecule has 1 aliphatic rings. The van der Waals surface area contributed by atoms with E-state index in [1.807, 2.05) is 0 Å². The van der Waals surface area contributed by atoms with Crippen LogP contribution in [-0.4, -0.2) is 54.9 Å². The zero-order valence-corrected chi connectivity index (χ0v) is 19.1. The van der Waals surface area contributed by atoms with Crippen LogP contribution in [0.2, 0.25) is 0 Å². The van der Waals surface area contributed by atoms with Crippen molar-refractivity contribution in [3.05, 3.63) is 60.7 Å². The third-order valence-electron chi connectivity index (χ3n) is 5.39. The number of benzene rings is 2. The highest BCUT2D eigenvalue weighted by atomic mass is 32.2. The molecule has 2 aromatic carbocycles. The van der Waals surface area contributed by atoms with Gasteiger partial charge in [0.1, 0.15) is 16.3 Å². The summed E-state index contributed by atoms with van der Waals surface area (Å²) < 4.78 is 24.1. The third-order valence-corrected chi connectivity index (χ3v) is 8.79. The molecule has 0 amide bonds. The maximum Gasteiger partial charge on any atom is 0.186 e. The molecular weight excluding hydrogens is 404 g/mol. The van der Waals surface area contributed by atoms with Gasteiger partial charge >= 0.3 is 0 Å². The van der Waals surface area contributed by atoms with Crippen LogP contribution in [0.15, 0.2) is 55.1 Å². The highest BCUT2D eigenvalue weighted by Gasteiger charge is 2.56. The van der Waals surface area contributed by atoms with Gasteiger partial charge in [-0.1, -0.05) is 42.5 Å². The summed E-state index contributed by atoms with van der Waals surface area (Å²) in [5, 5.41) is 2.44. The highest BCUT2D eigenvalue weighted by molar-refractivity contribution is 8.17. The SMILES string of the molecule is C=CCO[C@H]1[C@@H](OC)O[C@H](C)C(SC)(SC)[C@@H]1OCc1ccc2ccccc2c1. The molecule has 0 spiro atoms. The van der Waals surface area contributed by atoms with E-state index >= 15 is 0 Å². The van der Waals surface area contributed by atoms with E-state index in [-0.39, 0.29) is 22.4 Å². The number of fused-ring (bicyclic) bond motifs is 1. The maximum atomic E-state index is 6.57. The number of thioether (sulfide) groups is 2. The predicted molar refractivity (Wildman–Crippen MR) is 124 cm³/mol. The predicted octanol–water partition coefficient (Wildman–Crippen LogP) is 5.11. The lowest BCUT2D eigenvalue weighted by Gasteiger charge is -2.51. The fraction of sp³-hybridized carbons (Fsp3) is 0.478. The molecule has 0 saturated carbocycles. The first kappa shape index (κ1) is 22.7. The Morgan fingerprint density at radius 1 is 1.10 bits per heavy atom. The molecular formula is C23H30O4S2. The minimum atomic E-state index is -0.487. The molecule has 4 nitrogen and oxygen atoms in total. The standard InChI is InChI=1S/C23H30O4S2/c1-6-13-25-20-21(23(28-4,29-5)16(2)27-22(20)24-3)26-15-17-11-12-18-9-7-8-10-19(18)14-17/h6-12,14,16,20-22H,1,13,15H2,2-5H3/t16-,20-,21-,22+/m1/s1. The average molecular weight is 435 g/mol. The highest BCUT2D eigenvalue weighted by Crippen LogP contribution is 2.49. The number of hydrogen-bond donors (Lipinski definition) is 0. The van der Waals surface area contributed by atoms with Crippen molar-refractivity contribution in [1.82, 2.24) is 0 Å². The van der Waals surface area contributed by atoms with Gasteiger partial charge in [-0.2, -0.15) is 0 Å². The van der Waals surface area contributed by atoms with Crippen molar-refractivity contribution in [2.24, 2.45) is 0 Å². The summed E-state index contributed by atoms with van der Waals surface area (Å²) >= 11 is 3.50. The Balaban J connectivity index is 1.88. The van der Waals surface area contributed by atoms with Gasteiger partial charge in [-0.25, -0.2) is 0 Å². The Morgan fingerprint density at radius 2 is 1.83 bits per heavy atom. The Labute approximate surface area is 182 Å².